The number of carbonyl (C=O) groups is 1. The number of ether oxygens (including phenoxy) is 1. The monoisotopic (exact) mass is 300 g/mol. The largest absolute Gasteiger partial charge is 0.444 e. The van der Waals surface area contributed by atoms with Gasteiger partial charge in [-0.15, -0.1) is 11.8 Å². The molecule has 2 fully saturated rings. The molecule has 2 rings (SSSR count). The Morgan fingerprint density at radius 2 is 2.10 bits per heavy atom. The summed E-state index contributed by atoms with van der Waals surface area (Å²) in [4.78, 5) is 14.3. The first kappa shape index (κ1) is 16.0. The van der Waals surface area contributed by atoms with Crippen LogP contribution in [0.4, 0.5) is 4.79 Å². The predicted molar refractivity (Wildman–Crippen MR) is 84.0 cm³/mol. The quantitative estimate of drug-likeness (QED) is 0.746. The van der Waals surface area contributed by atoms with Gasteiger partial charge in [0.25, 0.3) is 0 Å². The smallest absolute Gasteiger partial charge is 0.410 e. The van der Waals surface area contributed by atoms with E-state index in [-0.39, 0.29) is 17.0 Å². The van der Waals surface area contributed by atoms with E-state index in [2.05, 4.69) is 19.2 Å². The Hall–Kier alpha value is -0.420. The molecule has 2 heterocycles. The van der Waals surface area contributed by atoms with Gasteiger partial charge in [-0.2, -0.15) is 0 Å². The highest BCUT2D eigenvalue weighted by atomic mass is 32.2. The van der Waals surface area contributed by atoms with E-state index in [0.717, 1.165) is 31.8 Å². The number of carbonyl (C=O) groups excluding carboxylic acids is 1. The van der Waals surface area contributed by atoms with Gasteiger partial charge in [0.1, 0.15) is 5.60 Å². The number of amides is 1. The molecule has 0 aromatic rings. The average Bonchev–Trinajstić information content (AvgIpc) is 2.31. The molecule has 2 aliphatic rings. The second-order valence-electron chi connectivity index (χ2n) is 7.27. The van der Waals surface area contributed by atoms with Gasteiger partial charge in [-0.1, -0.05) is 6.92 Å². The predicted octanol–water partition coefficient (Wildman–Crippen LogP) is 3.07. The first-order chi connectivity index (χ1) is 9.21. The Kier molecular flexibility index (Phi) is 4.59. The Morgan fingerprint density at radius 3 is 2.60 bits per heavy atom. The van der Waals surface area contributed by atoms with E-state index in [0.29, 0.717) is 0 Å². The van der Waals surface area contributed by atoms with E-state index in [4.69, 9.17) is 4.74 Å². The molecular weight excluding hydrogens is 272 g/mol. The first-order valence-corrected chi connectivity index (χ1v) is 8.58. The van der Waals surface area contributed by atoms with Crippen molar-refractivity contribution in [1.29, 1.82) is 0 Å². The van der Waals surface area contributed by atoms with E-state index in [1.165, 1.54) is 5.75 Å². The molecule has 0 aliphatic carbocycles. The lowest BCUT2D eigenvalue weighted by molar-refractivity contribution is 0.00744. The van der Waals surface area contributed by atoms with Crippen LogP contribution in [-0.2, 0) is 4.74 Å². The second-order valence-corrected chi connectivity index (χ2v) is 8.67. The van der Waals surface area contributed by atoms with Crippen LogP contribution in [0, 0.1) is 5.92 Å². The molecule has 1 amide bonds. The van der Waals surface area contributed by atoms with Crippen LogP contribution in [0.1, 0.15) is 47.5 Å². The third-order valence-electron chi connectivity index (χ3n) is 3.96. The molecule has 0 aromatic heterocycles. The van der Waals surface area contributed by atoms with Gasteiger partial charge in [0.2, 0.25) is 0 Å². The van der Waals surface area contributed by atoms with Crippen LogP contribution in [0.3, 0.4) is 0 Å². The van der Waals surface area contributed by atoms with Crippen LogP contribution in [0.15, 0.2) is 0 Å². The molecule has 3 atom stereocenters. The van der Waals surface area contributed by atoms with Gasteiger partial charge in [-0.05, 0) is 58.8 Å². The van der Waals surface area contributed by atoms with Crippen molar-refractivity contribution in [2.45, 2.75) is 64.0 Å². The molecule has 5 heteroatoms. The lowest BCUT2D eigenvalue weighted by Crippen LogP contribution is -2.59. The summed E-state index contributed by atoms with van der Waals surface area (Å²) in [6.07, 6.45) is 1.84. The van der Waals surface area contributed by atoms with E-state index in [1.54, 1.807) is 0 Å². The van der Waals surface area contributed by atoms with E-state index in [1.807, 2.05) is 37.4 Å². The van der Waals surface area contributed by atoms with Crippen molar-refractivity contribution in [1.82, 2.24) is 10.2 Å². The standard InChI is InChI=1S/C15H28N2O2S/c1-11-9-16-15(20-10-11)6-7-17(12(2)8-15)13(18)19-14(3,4)5/h11-12,16H,6-10H2,1-5H3. The minimum atomic E-state index is -0.417. The number of piperidine rings is 1. The molecule has 3 unspecified atom stereocenters. The number of hydrogen-bond acceptors (Lipinski definition) is 4. The number of hydrogen-bond donors (Lipinski definition) is 1. The van der Waals surface area contributed by atoms with Crippen molar-refractivity contribution in [3.63, 3.8) is 0 Å². The summed E-state index contributed by atoms with van der Waals surface area (Å²) in [5.41, 5.74) is -0.417. The third-order valence-corrected chi connectivity index (χ3v) is 5.76. The van der Waals surface area contributed by atoms with Gasteiger partial charge in [0, 0.05) is 12.6 Å². The van der Waals surface area contributed by atoms with Crippen molar-refractivity contribution in [2.24, 2.45) is 5.92 Å². The minimum Gasteiger partial charge on any atom is -0.444 e. The fourth-order valence-electron chi connectivity index (χ4n) is 2.87. The zero-order valence-corrected chi connectivity index (χ0v) is 14.2. The fraction of sp³-hybridized carbons (Fsp3) is 0.933. The van der Waals surface area contributed by atoms with Crippen molar-refractivity contribution >= 4 is 17.9 Å². The number of rotatable bonds is 0. The maximum absolute atomic E-state index is 12.2. The molecule has 2 saturated heterocycles. The lowest BCUT2D eigenvalue weighted by Gasteiger charge is -2.48. The van der Waals surface area contributed by atoms with Crippen LogP contribution in [0.25, 0.3) is 0 Å². The van der Waals surface area contributed by atoms with Gasteiger partial charge in [-0.3, -0.25) is 0 Å². The molecule has 0 saturated carbocycles. The average molecular weight is 300 g/mol. The molecule has 1 N–H and O–H groups in total. The van der Waals surface area contributed by atoms with Gasteiger partial charge in [-0.25, -0.2) is 4.79 Å². The third kappa shape index (κ3) is 3.82. The maximum atomic E-state index is 12.2. The maximum Gasteiger partial charge on any atom is 0.410 e. The lowest BCUT2D eigenvalue weighted by atomic mass is 9.97. The molecule has 0 radical (unpaired) electrons. The van der Waals surface area contributed by atoms with Crippen molar-refractivity contribution in [2.75, 3.05) is 18.8 Å². The Bertz CT molecular complexity index is 359. The molecule has 20 heavy (non-hydrogen) atoms. The van der Waals surface area contributed by atoms with E-state index >= 15 is 0 Å². The zero-order chi connectivity index (χ0) is 15.0. The molecule has 0 bridgehead atoms. The minimum absolute atomic E-state index is 0.171. The van der Waals surface area contributed by atoms with Crippen molar-refractivity contribution < 1.29 is 9.53 Å². The van der Waals surface area contributed by atoms with Crippen LogP contribution in [0.2, 0.25) is 0 Å². The fourth-order valence-corrected chi connectivity index (χ4v) is 4.37. The molecule has 116 valence electrons. The number of nitrogens with zero attached hydrogens (tertiary/aromatic N) is 1. The topological polar surface area (TPSA) is 41.6 Å². The highest BCUT2D eigenvalue weighted by Gasteiger charge is 2.42. The normalized spacial score (nSPS) is 35.1. The second kappa shape index (κ2) is 5.76. The Labute approximate surface area is 127 Å². The van der Waals surface area contributed by atoms with Crippen LogP contribution < -0.4 is 5.32 Å². The zero-order valence-electron chi connectivity index (χ0n) is 13.4. The van der Waals surface area contributed by atoms with Gasteiger partial charge in [0.05, 0.1) is 4.87 Å². The summed E-state index contributed by atoms with van der Waals surface area (Å²) < 4.78 is 5.50. The molecule has 0 aromatic carbocycles. The summed E-state index contributed by atoms with van der Waals surface area (Å²) in [5.74, 6) is 1.96. The Morgan fingerprint density at radius 1 is 1.40 bits per heavy atom. The summed E-state index contributed by atoms with van der Waals surface area (Å²) in [7, 11) is 0. The summed E-state index contributed by atoms with van der Waals surface area (Å²) in [5, 5.41) is 3.71. The Balaban J connectivity index is 1.94. The number of nitrogens with one attached hydrogen (secondary N) is 1. The molecule has 1 spiro atoms. The van der Waals surface area contributed by atoms with E-state index < -0.39 is 5.60 Å². The first-order valence-electron chi connectivity index (χ1n) is 7.59. The van der Waals surface area contributed by atoms with E-state index in [9.17, 15) is 4.79 Å². The van der Waals surface area contributed by atoms with Gasteiger partial charge < -0.3 is 15.0 Å². The molecule has 2 aliphatic heterocycles. The SMILES string of the molecule is CC1CNC2(CCN(C(=O)OC(C)(C)C)C(C)C2)SC1. The summed E-state index contributed by atoms with van der Waals surface area (Å²) in [6, 6.07) is 0.229. The highest BCUT2D eigenvalue weighted by molar-refractivity contribution is 8.00. The van der Waals surface area contributed by atoms with Crippen LogP contribution >= 0.6 is 11.8 Å². The summed E-state index contributed by atoms with van der Waals surface area (Å²) >= 11 is 2.04. The molecule has 4 nitrogen and oxygen atoms in total. The summed E-state index contributed by atoms with van der Waals surface area (Å²) in [6.45, 7) is 12.0. The van der Waals surface area contributed by atoms with Crippen molar-refractivity contribution in [3.05, 3.63) is 0 Å². The van der Waals surface area contributed by atoms with Crippen molar-refractivity contribution in [3.8, 4) is 0 Å². The number of thioether (sulfide) groups is 1. The number of likely N-dealkylation sites (tertiary alicyclic amines) is 1. The van der Waals surface area contributed by atoms with Crippen LogP contribution in [0.5, 0.6) is 0 Å². The van der Waals surface area contributed by atoms with Gasteiger partial charge >= 0.3 is 6.09 Å². The highest BCUT2D eigenvalue weighted by Crippen LogP contribution is 2.40. The molecular formula is C15H28N2O2S. The van der Waals surface area contributed by atoms with Gasteiger partial charge in [0.15, 0.2) is 0 Å². The van der Waals surface area contributed by atoms with Crippen LogP contribution in [-0.4, -0.2) is 46.3 Å².